The molecule has 0 radical (unpaired) electrons. The van der Waals surface area contributed by atoms with E-state index in [-0.39, 0.29) is 11.8 Å². The van der Waals surface area contributed by atoms with Crippen molar-refractivity contribution in [3.63, 3.8) is 0 Å². The molecule has 0 N–H and O–H groups in total. The Bertz CT molecular complexity index is 853. The number of anilines is 1. The van der Waals surface area contributed by atoms with Crippen molar-refractivity contribution < 1.29 is 4.79 Å². The summed E-state index contributed by atoms with van der Waals surface area (Å²) in [5.41, 5.74) is 3.36. The number of Topliss-reactive ketones (excluding diaryl/α,β-unsaturated/α-hetero) is 1. The number of fused-ring (bicyclic) bond motifs is 1. The second-order valence-electron chi connectivity index (χ2n) is 6.19. The van der Waals surface area contributed by atoms with Crippen LogP contribution < -0.4 is 4.90 Å². The molecule has 0 fully saturated rings. The van der Waals surface area contributed by atoms with Gasteiger partial charge in [-0.25, -0.2) is 9.97 Å². The van der Waals surface area contributed by atoms with E-state index in [4.69, 9.17) is 0 Å². The normalized spacial score (nSPS) is 19.9. The monoisotopic (exact) mass is 317 g/mol. The summed E-state index contributed by atoms with van der Waals surface area (Å²) in [7, 11) is 0. The van der Waals surface area contributed by atoms with Crippen LogP contribution in [0.15, 0.2) is 54.8 Å². The molecule has 0 spiro atoms. The number of hydrogen-bond donors (Lipinski definition) is 0. The number of ketones is 1. The molecule has 1 aromatic carbocycles. The Labute approximate surface area is 141 Å². The summed E-state index contributed by atoms with van der Waals surface area (Å²) >= 11 is 0. The zero-order chi connectivity index (χ0) is 16.5. The van der Waals surface area contributed by atoms with Crippen molar-refractivity contribution >= 4 is 17.2 Å². The molecule has 1 aliphatic carbocycles. The molecule has 1 aliphatic heterocycles. The Morgan fingerprint density at radius 1 is 1.21 bits per heavy atom. The molecule has 4 heteroatoms. The van der Waals surface area contributed by atoms with Crippen molar-refractivity contribution in [3.8, 4) is 0 Å². The van der Waals surface area contributed by atoms with Gasteiger partial charge in [0, 0.05) is 19.2 Å². The standard InChI is InChI=1S/C20H19N3O/c1-14-16-7-3-2-6-15(16)11-13-23(14)19-10-12-21-20(22-19)17-8-4-5-9-18(17)24/h2-8,10,12,14H,9,11,13H2,1H3. The first-order valence-corrected chi connectivity index (χ1v) is 8.32. The van der Waals surface area contributed by atoms with Gasteiger partial charge >= 0.3 is 0 Å². The van der Waals surface area contributed by atoms with E-state index in [2.05, 4.69) is 46.1 Å². The highest BCUT2D eigenvalue weighted by molar-refractivity contribution is 6.21. The molecule has 24 heavy (non-hydrogen) atoms. The second-order valence-corrected chi connectivity index (χ2v) is 6.19. The maximum atomic E-state index is 12.1. The van der Waals surface area contributed by atoms with E-state index in [1.54, 1.807) is 12.3 Å². The number of nitrogens with zero attached hydrogens (tertiary/aromatic N) is 3. The summed E-state index contributed by atoms with van der Waals surface area (Å²) in [6.07, 6.45) is 8.74. The molecule has 0 saturated heterocycles. The number of rotatable bonds is 2. The van der Waals surface area contributed by atoms with E-state index in [0.717, 1.165) is 18.8 Å². The Kier molecular flexibility index (Phi) is 3.73. The maximum Gasteiger partial charge on any atom is 0.170 e. The van der Waals surface area contributed by atoms with Crippen LogP contribution in [0.1, 0.15) is 36.3 Å². The maximum absolute atomic E-state index is 12.1. The van der Waals surface area contributed by atoms with Crippen molar-refractivity contribution in [2.24, 2.45) is 0 Å². The van der Waals surface area contributed by atoms with Crippen LogP contribution in [0.3, 0.4) is 0 Å². The first-order valence-electron chi connectivity index (χ1n) is 8.32. The van der Waals surface area contributed by atoms with Crippen LogP contribution in [-0.4, -0.2) is 22.3 Å². The number of aromatic nitrogens is 2. The zero-order valence-corrected chi connectivity index (χ0v) is 13.6. The number of hydrogen-bond acceptors (Lipinski definition) is 4. The van der Waals surface area contributed by atoms with Crippen LogP contribution in [0.4, 0.5) is 5.82 Å². The van der Waals surface area contributed by atoms with Crippen molar-refractivity contribution in [2.75, 3.05) is 11.4 Å². The molecule has 0 bridgehead atoms. The fourth-order valence-electron chi connectivity index (χ4n) is 3.47. The van der Waals surface area contributed by atoms with Crippen LogP contribution in [0.2, 0.25) is 0 Å². The highest BCUT2D eigenvalue weighted by atomic mass is 16.1. The first-order chi connectivity index (χ1) is 11.7. The van der Waals surface area contributed by atoms with Crippen molar-refractivity contribution in [3.05, 3.63) is 71.7 Å². The summed E-state index contributed by atoms with van der Waals surface area (Å²) in [4.78, 5) is 23.4. The van der Waals surface area contributed by atoms with E-state index in [0.29, 0.717) is 17.8 Å². The van der Waals surface area contributed by atoms with Gasteiger partial charge in [0.15, 0.2) is 11.6 Å². The Morgan fingerprint density at radius 3 is 2.96 bits per heavy atom. The van der Waals surface area contributed by atoms with Crippen molar-refractivity contribution in [1.29, 1.82) is 0 Å². The minimum atomic E-state index is 0.0756. The third kappa shape index (κ3) is 2.54. The van der Waals surface area contributed by atoms with Gasteiger partial charge in [-0.05, 0) is 36.6 Å². The molecule has 1 atom stereocenters. The summed E-state index contributed by atoms with van der Waals surface area (Å²) in [6, 6.07) is 10.8. The lowest BCUT2D eigenvalue weighted by molar-refractivity contribution is -0.113. The second kappa shape index (κ2) is 6.04. The zero-order valence-electron chi connectivity index (χ0n) is 13.6. The van der Waals surface area contributed by atoms with E-state index in [9.17, 15) is 4.79 Å². The van der Waals surface area contributed by atoms with E-state index >= 15 is 0 Å². The highest BCUT2D eigenvalue weighted by Gasteiger charge is 2.25. The molecule has 2 heterocycles. The van der Waals surface area contributed by atoms with Crippen LogP contribution in [0, 0.1) is 0 Å². The fraction of sp³-hybridized carbons (Fsp3) is 0.250. The van der Waals surface area contributed by atoms with Crippen molar-refractivity contribution in [2.45, 2.75) is 25.8 Å². The van der Waals surface area contributed by atoms with Gasteiger partial charge in [-0.2, -0.15) is 0 Å². The summed E-state index contributed by atoms with van der Waals surface area (Å²) < 4.78 is 0. The summed E-state index contributed by atoms with van der Waals surface area (Å²) in [5.74, 6) is 1.48. The molecule has 0 amide bonds. The van der Waals surface area contributed by atoms with Crippen LogP contribution in [-0.2, 0) is 11.2 Å². The summed E-state index contributed by atoms with van der Waals surface area (Å²) in [5, 5.41) is 0. The highest BCUT2D eigenvalue weighted by Crippen LogP contribution is 2.32. The molecular formula is C20H19N3O. The third-order valence-corrected chi connectivity index (χ3v) is 4.77. The predicted molar refractivity (Wildman–Crippen MR) is 94.7 cm³/mol. The lowest BCUT2D eigenvalue weighted by Gasteiger charge is -2.36. The average Bonchev–Trinajstić information content (AvgIpc) is 2.63. The van der Waals surface area contributed by atoms with Gasteiger partial charge in [0.05, 0.1) is 11.6 Å². The Hall–Kier alpha value is -2.75. The Balaban J connectivity index is 1.69. The fourth-order valence-corrected chi connectivity index (χ4v) is 3.47. The largest absolute Gasteiger partial charge is 0.349 e. The van der Waals surface area contributed by atoms with E-state index < -0.39 is 0 Å². The average molecular weight is 317 g/mol. The lowest BCUT2D eigenvalue weighted by Crippen LogP contribution is -2.34. The smallest absolute Gasteiger partial charge is 0.170 e. The molecule has 0 saturated carbocycles. The molecule has 2 aromatic rings. The van der Waals surface area contributed by atoms with Gasteiger partial charge in [0.25, 0.3) is 0 Å². The van der Waals surface area contributed by atoms with Gasteiger partial charge in [-0.15, -0.1) is 0 Å². The SMILES string of the molecule is CC1c2ccccc2CCN1c1ccnc(C2=CC=CCC2=O)n1. The topological polar surface area (TPSA) is 46.1 Å². The van der Waals surface area contributed by atoms with E-state index in [1.807, 2.05) is 18.2 Å². The van der Waals surface area contributed by atoms with Crippen LogP contribution >= 0.6 is 0 Å². The van der Waals surface area contributed by atoms with Gasteiger partial charge in [0.1, 0.15) is 5.82 Å². The number of allylic oxidation sites excluding steroid dienone is 4. The molecular weight excluding hydrogens is 298 g/mol. The van der Waals surface area contributed by atoms with E-state index in [1.165, 1.54) is 11.1 Å². The molecule has 4 rings (SSSR count). The minimum Gasteiger partial charge on any atom is -0.349 e. The van der Waals surface area contributed by atoms with Gasteiger partial charge in [-0.3, -0.25) is 4.79 Å². The predicted octanol–water partition coefficient (Wildman–Crippen LogP) is 3.51. The third-order valence-electron chi connectivity index (χ3n) is 4.77. The number of carbonyl (C=O) groups is 1. The molecule has 4 nitrogen and oxygen atoms in total. The van der Waals surface area contributed by atoms with Crippen molar-refractivity contribution in [1.82, 2.24) is 9.97 Å². The number of carbonyl (C=O) groups excluding carboxylic acids is 1. The molecule has 1 unspecified atom stereocenters. The number of benzene rings is 1. The Morgan fingerprint density at radius 2 is 2.08 bits per heavy atom. The van der Waals surface area contributed by atoms with Gasteiger partial charge in [0.2, 0.25) is 0 Å². The molecule has 120 valence electrons. The van der Waals surface area contributed by atoms with Crippen LogP contribution in [0.25, 0.3) is 5.57 Å². The molecule has 1 aromatic heterocycles. The van der Waals surface area contributed by atoms with Gasteiger partial charge < -0.3 is 4.90 Å². The van der Waals surface area contributed by atoms with Crippen LogP contribution in [0.5, 0.6) is 0 Å². The lowest BCUT2D eigenvalue weighted by atomic mass is 9.93. The quantitative estimate of drug-likeness (QED) is 0.850. The molecule has 2 aliphatic rings. The van der Waals surface area contributed by atoms with Gasteiger partial charge in [-0.1, -0.05) is 36.4 Å². The minimum absolute atomic E-state index is 0.0756. The summed E-state index contributed by atoms with van der Waals surface area (Å²) in [6.45, 7) is 3.12. The first kappa shape index (κ1) is 14.8.